The molecule has 8 saturated carbocycles. The fraction of sp³-hybridized carbons (Fsp3) is 0.854. The summed E-state index contributed by atoms with van der Waals surface area (Å²) in [6, 6.07) is 9.85. The zero-order chi connectivity index (χ0) is 83.3. The smallest absolute Gasteiger partial charge is 0.313 e. The third kappa shape index (κ3) is 35.1. The van der Waals surface area contributed by atoms with Gasteiger partial charge in [-0.05, 0) is 293 Å². The highest BCUT2D eigenvalue weighted by atomic mass is 16.7. The second kappa shape index (κ2) is 49.9. The zero-order valence-electron chi connectivity index (χ0n) is 73.7. The number of hydrogen-bond acceptors (Lipinski definition) is 21. The molecule has 8 aliphatic rings. The van der Waals surface area contributed by atoms with Crippen LogP contribution in [-0.4, -0.2) is 127 Å². The maximum Gasteiger partial charge on any atom is 0.313 e. The van der Waals surface area contributed by atoms with E-state index in [0.717, 1.165) is 111 Å². The summed E-state index contributed by atoms with van der Waals surface area (Å²) >= 11 is 0. The Bertz CT molecular complexity index is 2750. The molecule has 110 heavy (non-hydrogen) atoms. The van der Waals surface area contributed by atoms with Crippen LogP contribution in [0.15, 0.2) is 30.3 Å². The van der Waals surface area contributed by atoms with Gasteiger partial charge in [-0.25, -0.2) is 0 Å². The van der Waals surface area contributed by atoms with E-state index in [1.807, 2.05) is 203 Å². The van der Waals surface area contributed by atoms with Crippen LogP contribution in [-0.2, 0) is 99.9 Å². The molecular weight excluding hydrogens is 1400 g/mol. The highest BCUT2D eigenvalue weighted by Crippen LogP contribution is 2.59. The average molecular weight is 1560 g/mol. The van der Waals surface area contributed by atoms with Crippen LogP contribution in [0, 0.1) is 85.2 Å². The molecule has 21 nitrogen and oxygen atoms in total. The van der Waals surface area contributed by atoms with E-state index in [-0.39, 0.29) is 102 Å². The van der Waals surface area contributed by atoms with Gasteiger partial charge in [-0.15, -0.1) is 0 Å². The van der Waals surface area contributed by atoms with Gasteiger partial charge in [0, 0.05) is 13.7 Å². The summed E-state index contributed by atoms with van der Waals surface area (Å²) in [5.74, 6) is 5.64. The van der Waals surface area contributed by atoms with Gasteiger partial charge >= 0.3 is 41.8 Å². The number of carbonyl (C=O) groups is 7. The Morgan fingerprint density at radius 1 is 0.364 bits per heavy atom. The van der Waals surface area contributed by atoms with E-state index in [1.54, 1.807) is 0 Å². The van der Waals surface area contributed by atoms with Gasteiger partial charge in [-0.3, -0.25) is 33.6 Å². The predicted octanol–water partition coefficient (Wildman–Crippen LogP) is 20.4. The van der Waals surface area contributed by atoms with Crippen molar-refractivity contribution in [3.63, 3.8) is 0 Å². The lowest BCUT2D eigenvalue weighted by Crippen LogP contribution is -2.49. The van der Waals surface area contributed by atoms with Crippen LogP contribution < -0.4 is 0 Å². The van der Waals surface area contributed by atoms with Crippen molar-refractivity contribution in [2.45, 2.75) is 345 Å². The molecule has 0 heterocycles. The standard InChI is InChI=1S/2C17H28O3.C15H22O3.C13H24O3.C10H20O3.C9H18O3.C8H16O3/c1-4-17(2,3)16(18)20-10-19-15-13-6-11-5-12(8-13)9-14(15)7-11;1-4-17(2,3)16(18)20-10-19-15-9-11-8-14(15)13-7-5-6-12(11)13;1-5-15(3,4)14(16)18-11-17-12(2)13-9-7-6-8-10-13;1-4-13(2,3)12(14)16-10-15-11-8-6-5-7-9-11;1-6-10(4,5)9(11)13-7-12-8(2)3;1-5-9(3,4)8(10)12-7-11-6-2;1-5-8(2,3)7(9)11-6-10-4/h2*11-15H,4-10H2,1-3H3;6-10,12H,5,11H2,1-4H3;11H,4-10H2,1-3H3;8H,6-7H2,1-5H3;5-7H2,1-4H3;5-6H2,1-4H3. The van der Waals surface area contributed by atoms with Gasteiger partial charge in [0.25, 0.3) is 0 Å². The first kappa shape index (κ1) is 101. The average Bonchev–Trinajstić information content (AvgIpc) is 1.61. The lowest BCUT2D eigenvalue weighted by Gasteiger charge is -2.53. The lowest BCUT2D eigenvalue weighted by molar-refractivity contribution is -0.193. The van der Waals surface area contributed by atoms with E-state index in [2.05, 4.69) is 4.74 Å². The van der Waals surface area contributed by atoms with Gasteiger partial charge in [-0.2, -0.15) is 0 Å². The van der Waals surface area contributed by atoms with Crippen molar-refractivity contribution >= 4 is 41.8 Å². The van der Waals surface area contributed by atoms with Gasteiger partial charge in [0.15, 0.2) is 47.6 Å². The quantitative estimate of drug-likeness (QED) is 0.0265. The molecule has 0 aromatic heterocycles. The number of rotatable bonds is 35. The van der Waals surface area contributed by atoms with Crippen LogP contribution in [0.4, 0.5) is 0 Å². The van der Waals surface area contributed by atoms with Crippen LogP contribution in [0.2, 0.25) is 0 Å². The Morgan fingerprint density at radius 3 is 1.12 bits per heavy atom. The molecule has 1 aromatic carbocycles. The van der Waals surface area contributed by atoms with Crippen molar-refractivity contribution < 1.29 is 99.9 Å². The fourth-order valence-electron chi connectivity index (χ4n) is 14.0. The summed E-state index contributed by atoms with van der Waals surface area (Å²) in [5, 5.41) is 0. The number of hydrogen-bond donors (Lipinski definition) is 0. The largest absolute Gasteiger partial charge is 0.438 e. The van der Waals surface area contributed by atoms with Gasteiger partial charge in [0.2, 0.25) is 0 Å². The van der Waals surface area contributed by atoms with Crippen LogP contribution >= 0.6 is 0 Å². The first-order chi connectivity index (χ1) is 51.5. The molecule has 638 valence electrons. The maximum absolute atomic E-state index is 11.9. The van der Waals surface area contributed by atoms with E-state index in [9.17, 15) is 33.6 Å². The van der Waals surface area contributed by atoms with E-state index in [1.165, 1.54) is 90.6 Å². The molecule has 0 N–H and O–H groups in total. The number of carbonyl (C=O) groups excluding carboxylic acids is 7. The second-order valence-corrected chi connectivity index (χ2v) is 36.1. The zero-order valence-corrected chi connectivity index (χ0v) is 73.7. The summed E-state index contributed by atoms with van der Waals surface area (Å²) in [5.41, 5.74) is -1.74. The summed E-state index contributed by atoms with van der Waals surface area (Å²) < 4.78 is 73.1. The van der Waals surface area contributed by atoms with E-state index >= 15 is 0 Å². The predicted molar refractivity (Wildman–Crippen MR) is 428 cm³/mol. The molecule has 0 spiro atoms. The van der Waals surface area contributed by atoms with Crippen molar-refractivity contribution in [1.82, 2.24) is 0 Å². The van der Waals surface area contributed by atoms with Crippen molar-refractivity contribution in [2.24, 2.45) is 85.2 Å². The first-order valence-electron chi connectivity index (χ1n) is 41.9. The summed E-state index contributed by atoms with van der Waals surface area (Å²) in [6.45, 7) is 49.0. The molecule has 9 rings (SSSR count). The monoisotopic (exact) mass is 1560 g/mol. The molecule has 8 aliphatic carbocycles. The number of esters is 7. The van der Waals surface area contributed by atoms with Crippen LogP contribution in [0.3, 0.4) is 0 Å². The Morgan fingerprint density at radius 2 is 0.727 bits per heavy atom. The molecule has 0 aliphatic heterocycles. The third-order valence-electron chi connectivity index (χ3n) is 24.7. The Kier molecular flexibility index (Phi) is 45.9. The van der Waals surface area contributed by atoms with Gasteiger partial charge in [0.05, 0.1) is 68.4 Å². The minimum absolute atomic E-state index is 0.00166. The van der Waals surface area contributed by atoms with Crippen LogP contribution in [0.5, 0.6) is 0 Å². The molecule has 1 aromatic rings. The lowest BCUT2D eigenvalue weighted by atomic mass is 9.55. The SMILES string of the molecule is CCC(C)(C)C(=O)OCOC.CCC(C)(C)C(=O)OCOC(C)C.CCC(C)(C)C(=O)OCOC(C)c1ccccc1.CCC(C)(C)C(=O)OCOC1C2CC3CC(C2)CC1C3.CCC(C)(C)C(=O)OCOC1CC2CC1C1CCCC21.CCC(C)(C)C(=O)OCOC1CCCCC1.CCOCOC(=O)C(C)(C)CC. The minimum Gasteiger partial charge on any atom is -0.438 e. The molecule has 0 radical (unpaired) electrons. The molecule has 8 fully saturated rings. The van der Waals surface area contributed by atoms with Crippen molar-refractivity contribution in [3.05, 3.63) is 35.9 Å². The highest BCUT2D eigenvalue weighted by Gasteiger charge is 2.54. The van der Waals surface area contributed by atoms with E-state index in [0.29, 0.717) is 24.9 Å². The number of benzene rings is 1. The van der Waals surface area contributed by atoms with E-state index < -0.39 is 37.9 Å². The maximum atomic E-state index is 11.9. The fourth-order valence-corrected chi connectivity index (χ4v) is 14.0. The second-order valence-electron chi connectivity index (χ2n) is 36.1. The highest BCUT2D eigenvalue weighted by molar-refractivity contribution is 5.78. The molecule has 0 saturated heterocycles. The molecule has 21 heteroatoms. The summed E-state index contributed by atoms with van der Waals surface area (Å²) in [6.07, 6.45) is 26.1. The minimum atomic E-state index is -0.445. The number of methoxy groups -OCH3 is 1. The van der Waals surface area contributed by atoms with Crippen LogP contribution in [0.25, 0.3) is 0 Å². The Hall–Kier alpha value is -4.77. The summed E-state index contributed by atoms with van der Waals surface area (Å²) in [4.78, 5) is 81.0. The van der Waals surface area contributed by atoms with Gasteiger partial charge in [0.1, 0.15) is 0 Å². The molecular formula is C89H156O21. The number of ether oxygens (including phenoxy) is 14. The molecule has 6 unspecified atom stereocenters. The normalized spacial score (nSPS) is 22.8. The Balaban J connectivity index is 0.000000441. The van der Waals surface area contributed by atoms with Gasteiger partial charge in [-0.1, -0.05) is 104 Å². The van der Waals surface area contributed by atoms with Crippen molar-refractivity contribution in [3.8, 4) is 0 Å². The molecule has 0 amide bonds. The van der Waals surface area contributed by atoms with Crippen molar-refractivity contribution in [2.75, 3.05) is 61.3 Å². The third-order valence-corrected chi connectivity index (χ3v) is 24.7. The van der Waals surface area contributed by atoms with E-state index in [4.69, 9.17) is 61.6 Å². The van der Waals surface area contributed by atoms with Crippen LogP contribution in [0.1, 0.15) is 326 Å². The molecule has 6 bridgehead atoms. The Labute approximate surface area is 665 Å². The first-order valence-corrected chi connectivity index (χ1v) is 41.9. The number of fused-ring (bicyclic) bond motifs is 5. The topological polar surface area (TPSA) is 249 Å². The summed E-state index contributed by atoms with van der Waals surface area (Å²) in [7, 11) is 1.49. The van der Waals surface area contributed by atoms with Gasteiger partial charge < -0.3 is 66.3 Å². The molecule has 6 atom stereocenters. The van der Waals surface area contributed by atoms with Crippen molar-refractivity contribution in [1.29, 1.82) is 0 Å².